The number of aromatic nitrogens is 2. The van der Waals surface area contributed by atoms with Crippen LogP contribution in [0.3, 0.4) is 0 Å². The summed E-state index contributed by atoms with van der Waals surface area (Å²) in [7, 11) is 0. The maximum absolute atomic E-state index is 12.4. The van der Waals surface area contributed by atoms with Crippen LogP contribution in [-0.4, -0.2) is 28.2 Å². The van der Waals surface area contributed by atoms with Crippen molar-refractivity contribution in [1.82, 2.24) is 9.38 Å². The SMILES string of the molecule is CC12CC(c3cn4cc(Br)c(OC(F)F)cc4n3)(CO1)C2. The molecule has 0 radical (unpaired) electrons. The van der Waals surface area contributed by atoms with Gasteiger partial charge in [-0.2, -0.15) is 8.78 Å². The zero-order chi connectivity index (χ0) is 14.8. The molecular weight excluding hydrogens is 346 g/mol. The van der Waals surface area contributed by atoms with Crippen molar-refractivity contribution >= 4 is 21.6 Å². The van der Waals surface area contributed by atoms with Gasteiger partial charge in [-0.25, -0.2) is 4.98 Å². The predicted octanol–water partition coefficient (Wildman–Crippen LogP) is 3.52. The molecule has 0 N–H and O–H groups in total. The molecule has 5 rings (SSSR count). The number of rotatable bonds is 3. The quantitative estimate of drug-likeness (QED) is 0.841. The number of imidazole rings is 1. The molecule has 3 aliphatic rings. The van der Waals surface area contributed by atoms with Crippen LogP contribution in [-0.2, 0) is 10.2 Å². The second-order valence-corrected chi connectivity index (χ2v) is 6.98. The Morgan fingerprint density at radius 2 is 2.19 bits per heavy atom. The van der Waals surface area contributed by atoms with E-state index >= 15 is 0 Å². The first kappa shape index (κ1) is 13.5. The second-order valence-electron chi connectivity index (χ2n) is 6.13. The molecule has 2 aliphatic heterocycles. The summed E-state index contributed by atoms with van der Waals surface area (Å²) in [6.45, 7) is -0.0684. The fourth-order valence-electron chi connectivity index (χ4n) is 3.58. The average molecular weight is 359 g/mol. The van der Waals surface area contributed by atoms with Crippen LogP contribution >= 0.6 is 15.9 Å². The van der Waals surface area contributed by atoms with Crippen molar-refractivity contribution in [2.24, 2.45) is 0 Å². The van der Waals surface area contributed by atoms with Crippen LogP contribution in [0.2, 0.25) is 0 Å². The van der Waals surface area contributed by atoms with Crippen LogP contribution in [0, 0.1) is 0 Å². The summed E-state index contributed by atoms with van der Waals surface area (Å²) in [6, 6.07) is 1.52. The van der Waals surface area contributed by atoms with Crippen LogP contribution < -0.4 is 4.74 Å². The number of halogens is 3. The van der Waals surface area contributed by atoms with Crippen molar-refractivity contribution in [1.29, 1.82) is 0 Å². The van der Waals surface area contributed by atoms with Gasteiger partial charge >= 0.3 is 6.61 Å². The topological polar surface area (TPSA) is 35.8 Å². The molecule has 112 valence electrons. The van der Waals surface area contributed by atoms with Gasteiger partial charge in [0.15, 0.2) is 0 Å². The summed E-state index contributed by atoms with van der Waals surface area (Å²) in [4.78, 5) is 4.58. The molecular formula is C14H13BrF2N2O2. The van der Waals surface area contributed by atoms with E-state index < -0.39 is 6.61 Å². The minimum atomic E-state index is -2.85. The molecule has 0 spiro atoms. The Balaban J connectivity index is 1.74. The first-order valence-electron chi connectivity index (χ1n) is 6.67. The van der Waals surface area contributed by atoms with Crippen molar-refractivity contribution in [2.75, 3.05) is 6.61 Å². The lowest BCUT2D eigenvalue weighted by Gasteiger charge is -2.41. The Hall–Kier alpha value is -1.21. The number of ether oxygens (including phenoxy) is 2. The monoisotopic (exact) mass is 358 g/mol. The lowest BCUT2D eigenvalue weighted by Crippen LogP contribution is -2.45. The summed E-state index contributed by atoms with van der Waals surface area (Å²) in [5, 5.41) is 0. The van der Waals surface area contributed by atoms with E-state index in [9.17, 15) is 8.78 Å². The number of nitrogens with zero attached hydrogens (tertiary/aromatic N) is 2. The van der Waals surface area contributed by atoms with Crippen LogP contribution in [0.1, 0.15) is 25.5 Å². The third kappa shape index (κ3) is 1.97. The van der Waals surface area contributed by atoms with E-state index in [2.05, 4.69) is 32.6 Å². The van der Waals surface area contributed by atoms with Crippen molar-refractivity contribution < 1.29 is 18.3 Å². The van der Waals surface area contributed by atoms with Crippen molar-refractivity contribution in [2.45, 2.75) is 37.4 Å². The maximum atomic E-state index is 12.4. The third-order valence-electron chi connectivity index (χ3n) is 4.39. The molecule has 0 amide bonds. The lowest BCUT2D eigenvalue weighted by atomic mass is 9.62. The summed E-state index contributed by atoms with van der Waals surface area (Å²) in [5.74, 6) is 0.0910. The van der Waals surface area contributed by atoms with E-state index in [1.54, 1.807) is 6.20 Å². The van der Waals surface area contributed by atoms with Gasteiger partial charge in [-0.3, -0.25) is 0 Å². The van der Waals surface area contributed by atoms with Gasteiger partial charge in [-0.05, 0) is 35.7 Å². The molecule has 7 heteroatoms. The summed E-state index contributed by atoms with van der Waals surface area (Å²) >= 11 is 3.24. The fourth-order valence-corrected chi connectivity index (χ4v) is 4.01. The summed E-state index contributed by atoms with van der Waals surface area (Å²) in [6.07, 6.45) is 5.56. The molecule has 21 heavy (non-hydrogen) atoms. The van der Waals surface area contributed by atoms with Gasteiger partial charge in [0.25, 0.3) is 0 Å². The normalized spacial score (nSPS) is 30.9. The number of hydrogen-bond donors (Lipinski definition) is 0. The van der Waals surface area contributed by atoms with Crippen LogP contribution in [0.15, 0.2) is 22.9 Å². The Kier molecular flexibility index (Phi) is 2.67. The van der Waals surface area contributed by atoms with Crippen LogP contribution in [0.4, 0.5) is 8.78 Å². The van der Waals surface area contributed by atoms with Gasteiger partial charge in [0.1, 0.15) is 11.4 Å². The second kappa shape index (κ2) is 4.16. The third-order valence-corrected chi connectivity index (χ3v) is 4.99. The molecule has 2 aromatic heterocycles. The van der Waals surface area contributed by atoms with Gasteiger partial charge in [0, 0.05) is 23.9 Å². The molecule has 0 aromatic carbocycles. The molecule has 2 bridgehead atoms. The van der Waals surface area contributed by atoms with Crippen LogP contribution in [0.25, 0.3) is 5.65 Å². The highest BCUT2D eigenvalue weighted by molar-refractivity contribution is 9.10. The highest BCUT2D eigenvalue weighted by Gasteiger charge is 2.61. The van der Waals surface area contributed by atoms with Gasteiger partial charge in [0.05, 0.1) is 22.4 Å². The zero-order valence-corrected chi connectivity index (χ0v) is 12.9. The highest BCUT2D eigenvalue weighted by Crippen LogP contribution is 2.58. The molecule has 2 saturated heterocycles. The van der Waals surface area contributed by atoms with E-state index in [1.165, 1.54) is 6.07 Å². The predicted molar refractivity (Wildman–Crippen MR) is 74.8 cm³/mol. The van der Waals surface area contributed by atoms with Crippen molar-refractivity contribution in [3.05, 3.63) is 28.6 Å². The standard InChI is InChI=1S/C14H13BrF2N2O2/c1-13-5-14(6-13,7-20-13)10-4-19-3-8(15)9(21-12(16)17)2-11(19)18-10/h2-4,12H,5-7H2,1H3. The maximum Gasteiger partial charge on any atom is 0.387 e. The average Bonchev–Trinajstić information content (AvgIpc) is 2.99. The number of hydrogen-bond acceptors (Lipinski definition) is 3. The Morgan fingerprint density at radius 3 is 2.81 bits per heavy atom. The van der Waals surface area contributed by atoms with Crippen LogP contribution in [0.5, 0.6) is 5.75 Å². The van der Waals surface area contributed by atoms with Gasteiger partial charge in [-0.15, -0.1) is 0 Å². The number of fused-ring (bicyclic) bond motifs is 2. The van der Waals surface area contributed by atoms with E-state index in [1.807, 2.05) is 10.6 Å². The van der Waals surface area contributed by atoms with E-state index in [4.69, 9.17) is 4.74 Å². The molecule has 1 aliphatic carbocycles. The minimum Gasteiger partial charge on any atom is -0.433 e. The highest BCUT2D eigenvalue weighted by atomic mass is 79.9. The van der Waals surface area contributed by atoms with Gasteiger partial charge < -0.3 is 13.9 Å². The van der Waals surface area contributed by atoms with E-state index in [0.29, 0.717) is 16.7 Å². The first-order valence-corrected chi connectivity index (χ1v) is 7.46. The molecule has 3 fully saturated rings. The number of alkyl halides is 2. The van der Waals surface area contributed by atoms with Gasteiger partial charge in [0.2, 0.25) is 0 Å². The van der Waals surface area contributed by atoms with Crippen molar-refractivity contribution in [3.63, 3.8) is 0 Å². The first-order chi connectivity index (χ1) is 9.89. The molecule has 0 unspecified atom stereocenters. The summed E-state index contributed by atoms with van der Waals surface area (Å²) < 4.78 is 37.3. The molecule has 2 aromatic rings. The largest absolute Gasteiger partial charge is 0.433 e. The molecule has 4 nitrogen and oxygen atoms in total. The summed E-state index contributed by atoms with van der Waals surface area (Å²) in [5.41, 5.74) is 1.52. The smallest absolute Gasteiger partial charge is 0.387 e. The molecule has 4 heterocycles. The minimum absolute atomic E-state index is 0.0136. The number of pyridine rings is 1. The fraction of sp³-hybridized carbons (Fsp3) is 0.500. The van der Waals surface area contributed by atoms with E-state index in [-0.39, 0.29) is 16.8 Å². The zero-order valence-electron chi connectivity index (χ0n) is 11.3. The van der Waals surface area contributed by atoms with Crippen molar-refractivity contribution in [3.8, 4) is 5.75 Å². The van der Waals surface area contributed by atoms with E-state index in [0.717, 1.165) is 18.5 Å². The molecule has 1 saturated carbocycles. The van der Waals surface area contributed by atoms with Gasteiger partial charge in [-0.1, -0.05) is 0 Å². The molecule has 0 atom stereocenters. The lowest BCUT2D eigenvalue weighted by molar-refractivity contribution is -0.0503. The Morgan fingerprint density at radius 1 is 1.43 bits per heavy atom. The Labute approximate surface area is 128 Å². The Bertz CT molecular complexity index is 725.